The average Bonchev–Trinajstić information content (AvgIpc) is 3.42. The lowest BCUT2D eigenvalue weighted by atomic mass is 9.91. The van der Waals surface area contributed by atoms with Crippen molar-refractivity contribution in [1.29, 1.82) is 0 Å². The van der Waals surface area contributed by atoms with Crippen molar-refractivity contribution in [2.24, 2.45) is 0 Å². The molecule has 0 bridgehead atoms. The number of carbonyl (C=O) groups excluding carboxylic acids is 1. The Morgan fingerprint density at radius 1 is 1.14 bits per heavy atom. The van der Waals surface area contributed by atoms with E-state index in [1.165, 1.54) is 11.6 Å². The highest BCUT2D eigenvalue weighted by molar-refractivity contribution is 5.96. The zero-order chi connectivity index (χ0) is 24.8. The third-order valence-corrected chi connectivity index (χ3v) is 8.15. The second-order valence-corrected chi connectivity index (χ2v) is 10.6. The van der Waals surface area contributed by atoms with Crippen molar-refractivity contribution in [2.75, 3.05) is 24.5 Å². The van der Waals surface area contributed by atoms with E-state index in [0.29, 0.717) is 29.2 Å². The fourth-order valence-electron chi connectivity index (χ4n) is 6.02. The Morgan fingerprint density at radius 3 is 2.64 bits per heavy atom. The van der Waals surface area contributed by atoms with Crippen molar-refractivity contribution in [3.8, 4) is 11.1 Å². The molecule has 6 rings (SSSR count). The highest BCUT2D eigenvalue weighted by Crippen LogP contribution is 2.57. The fraction of sp³-hybridized carbons (Fsp3) is 0.414. The second kappa shape index (κ2) is 8.96. The van der Waals surface area contributed by atoms with Gasteiger partial charge in [-0.05, 0) is 62.4 Å². The molecule has 2 aromatic carbocycles. The molecular formula is C29H32FN5O. The normalized spacial score (nSPS) is 21.6. The third kappa shape index (κ3) is 4.05. The van der Waals surface area contributed by atoms with E-state index >= 15 is 0 Å². The number of hydrogen-bond acceptors (Lipinski definition) is 5. The molecule has 2 aliphatic heterocycles. The van der Waals surface area contributed by atoms with Gasteiger partial charge in [0.05, 0.1) is 0 Å². The molecule has 7 heteroatoms. The Kier molecular flexibility index (Phi) is 5.75. The van der Waals surface area contributed by atoms with Gasteiger partial charge in [-0.25, -0.2) is 14.4 Å². The van der Waals surface area contributed by atoms with Gasteiger partial charge in [-0.3, -0.25) is 4.79 Å². The monoisotopic (exact) mass is 485 g/mol. The van der Waals surface area contributed by atoms with E-state index in [0.717, 1.165) is 57.3 Å². The van der Waals surface area contributed by atoms with Gasteiger partial charge in [0, 0.05) is 58.8 Å². The first-order valence-corrected chi connectivity index (χ1v) is 13.0. The number of carbonyl (C=O) groups is 1. The maximum absolute atomic E-state index is 14.2. The van der Waals surface area contributed by atoms with Crippen LogP contribution in [-0.2, 0) is 5.41 Å². The number of halogens is 1. The number of nitrogens with one attached hydrogen (secondary N) is 2. The Morgan fingerprint density at radius 2 is 1.94 bits per heavy atom. The smallest absolute Gasteiger partial charge is 0.251 e. The molecule has 186 valence electrons. The highest BCUT2D eigenvalue weighted by atomic mass is 19.1. The lowest BCUT2D eigenvalue weighted by molar-refractivity contribution is 0.0939. The standard InChI is InChI=1S/C29H32FN5O/c1-2-10-29(11-5-14-34-29)18-33-26(36)20-8-9-23-25(15-20)35(19-28(23)12-13-28)27-31-16-21(17-32-27)22-6-3-4-7-24(22)30/h3-4,6-9,15-17,34H,2,5,10-14,18-19H2,1H3,(H,33,36). The summed E-state index contributed by atoms with van der Waals surface area (Å²) in [6.07, 6.45) is 10.0. The number of fused-ring (bicyclic) bond motifs is 2. The van der Waals surface area contributed by atoms with Crippen LogP contribution in [0.4, 0.5) is 16.0 Å². The van der Waals surface area contributed by atoms with E-state index in [9.17, 15) is 9.18 Å². The van der Waals surface area contributed by atoms with E-state index in [1.54, 1.807) is 30.6 Å². The topological polar surface area (TPSA) is 70.2 Å². The van der Waals surface area contributed by atoms with Gasteiger partial charge in [0.15, 0.2) is 0 Å². The number of anilines is 2. The minimum absolute atomic E-state index is 0.0130. The Bertz CT molecular complexity index is 1280. The van der Waals surface area contributed by atoms with Crippen LogP contribution >= 0.6 is 0 Å². The summed E-state index contributed by atoms with van der Waals surface area (Å²) in [6, 6.07) is 12.7. The zero-order valence-electron chi connectivity index (χ0n) is 20.7. The molecule has 1 aliphatic carbocycles. The number of aromatic nitrogens is 2. The second-order valence-electron chi connectivity index (χ2n) is 10.6. The first-order chi connectivity index (χ1) is 17.5. The molecule has 1 atom stereocenters. The van der Waals surface area contributed by atoms with Crippen molar-refractivity contribution >= 4 is 17.5 Å². The molecule has 6 nitrogen and oxygen atoms in total. The molecule has 2 N–H and O–H groups in total. The molecule has 1 saturated heterocycles. The minimum atomic E-state index is -0.290. The van der Waals surface area contributed by atoms with E-state index in [4.69, 9.17) is 0 Å². The number of benzene rings is 2. The van der Waals surface area contributed by atoms with Gasteiger partial charge in [-0.2, -0.15) is 0 Å². The fourth-order valence-corrected chi connectivity index (χ4v) is 6.02. The minimum Gasteiger partial charge on any atom is -0.350 e. The van der Waals surface area contributed by atoms with Crippen molar-refractivity contribution in [1.82, 2.24) is 20.6 Å². The first-order valence-electron chi connectivity index (χ1n) is 13.0. The van der Waals surface area contributed by atoms with Crippen LogP contribution in [0.25, 0.3) is 11.1 Å². The maximum Gasteiger partial charge on any atom is 0.251 e. The molecule has 1 spiro atoms. The van der Waals surface area contributed by atoms with Crippen LogP contribution in [0.2, 0.25) is 0 Å². The Balaban J connectivity index is 1.25. The van der Waals surface area contributed by atoms with Crippen molar-refractivity contribution < 1.29 is 9.18 Å². The van der Waals surface area contributed by atoms with Gasteiger partial charge in [0.25, 0.3) is 5.91 Å². The number of amides is 1. The zero-order valence-corrected chi connectivity index (χ0v) is 20.7. The summed E-state index contributed by atoms with van der Waals surface area (Å²) in [5, 5.41) is 6.82. The van der Waals surface area contributed by atoms with E-state index in [-0.39, 0.29) is 22.7 Å². The molecule has 3 heterocycles. The lowest BCUT2D eigenvalue weighted by Crippen LogP contribution is -2.49. The molecule has 1 saturated carbocycles. The average molecular weight is 486 g/mol. The van der Waals surface area contributed by atoms with Crippen molar-refractivity contribution in [3.63, 3.8) is 0 Å². The molecule has 1 aromatic heterocycles. The van der Waals surface area contributed by atoms with E-state index < -0.39 is 0 Å². The van der Waals surface area contributed by atoms with Crippen LogP contribution in [0.1, 0.15) is 61.4 Å². The van der Waals surface area contributed by atoms with Gasteiger partial charge in [0.2, 0.25) is 5.95 Å². The highest BCUT2D eigenvalue weighted by Gasteiger charge is 2.52. The molecule has 3 aliphatic rings. The molecule has 0 radical (unpaired) electrons. The largest absolute Gasteiger partial charge is 0.350 e. The first kappa shape index (κ1) is 23.1. The Hall–Kier alpha value is -3.32. The van der Waals surface area contributed by atoms with Crippen LogP contribution in [0.15, 0.2) is 54.9 Å². The molecule has 36 heavy (non-hydrogen) atoms. The molecule has 3 aromatic rings. The SMILES string of the molecule is CCCC1(CNC(=O)c2ccc3c(c2)N(c2ncc(-c4ccccc4F)cn2)CC32CC2)CCCN1. The number of nitrogens with zero attached hydrogens (tertiary/aromatic N) is 3. The third-order valence-electron chi connectivity index (χ3n) is 8.15. The van der Waals surface area contributed by atoms with Crippen molar-refractivity contribution in [2.45, 2.75) is 56.4 Å². The summed E-state index contributed by atoms with van der Waals surface area (Å²) >= 11 is 0. The van der Waals surface area contributed by atoms with Gasteiger partial charge >= 0.3 is 0 Å². The molecule has 2 fully saturated rings. The van der Waals surface area contributed by atoms with E-state index in [2.05, 4.69) is 38.5 Å². The van der Waals surface area contributed by atoms with Crippen molar-refractivity contribution in [3.05, 3.63) is 71.8 Å². The maximum atomic E-state index is 14.2. The summed E-state index contributed by atoms with van der Waals surface area (Å²) in [5.41, 5.74) is 4.19. The predicted octanol–water partition coefficient (Wildman–Crippen LogP) is 5.12. The van der Waals surface area contributed by atoms with E-state index in [1.807, 2.05) is 12.1 Å². The summed E-state index contributed by atoms with van der Waals surface area (Å²) in [7, 11) is 0. The lowest BCUT2D eigenvalue weighted by Gasteiger charge is -2.29. The van der Waals surface area contributed by atoms with Gasteiger partial charge in [-0.15, -0.1) is 0 Å². The summed E-state index contributed by atoms with van der Waals surface area (Å²) in [5.74, 6) is 0.241. The summed E-state index contributed by atoms with van der Waals surface area (Å²) < 4.78 is 14.2. The number of rotatable bonds is 7. The molecule has 1 unspecified atom stereocenters. The molecule has 1 amide bonds. The van der Waals surface area contributed by atoms with Gasteiger partial charge in [-0.1, -0.05) is 37.6 Å². The number of hydrogen-bond donors (Lipinski definition) is 2. The van der Waals surface area contributed by atoms with Crippen LogP contribution in [0.3, 0.4) is 0 Å². The van der Waals surface area contributed by atoms with Crippen LogP contribution in [0, 0.1) is 5.82 Å². The van der Waals surface area contributed by atoms with Gasteiger partial charge in [0.1, 0.15) is 5.82 Å². The van der Waals surface area contributed by atoms with Crippen LogP contribution in [0.5, 0.6) is 0 Å². The Labute approximate surface area is 211 Å². The summed E-state index contributed by atoms with van der Waals surface area (Å²) in [4.78, 5) is 24.5. The van der Waals surface area contributed by atoms with Crippen LogP contribution < -0.4 is 15.5 Å². The van der Waals surface area contributed by atoms with Crippen LogP contribution in [-0.4, -0.2) is 41.0 Å². The quantitative estimate of drug-likeness (QED) is 0.486. The van der Waals surface area contributed by atoms with Gasteiger partial charge < -0.3 is 15.5 Å². The summed E-state index contributed by atoms with van der Waals surface area (Å²) in [6.45, 7) is 4.65. The molecular weight excluding hydrogens is 453 g/mol. The predicted molar refractivity (Wildman–Crippen MR) is 139 cm³/mol.